The van der Waals surface area contributed by atoms with Crippen LogP contribution in [0.1, 0.15) is 24.5 Å². The largest absolute Gasteiger partial charge is 0.489 e. The van der Waals surface area contributed by atoms with E-state index in [1.807, 2.05) is 38.1 Å². The van der Waals surface area contributed by atoms with Gasteiger partial charge >= 0.3 is 0 Å². The van der Waals surface area contributed by atoms with Crippen LogP contribution in [0, 0.1) is 13.8 Å². The van der Waals surface area contributed by atoms with Crippen molar-refractivity contribution in [3.63, 3.8) is 0 Å². The fourth-order valence-corrected chi connectivity index (χ4v) is 6.28. The van der Waals surface area contributed by atoms with Crippen LogP contribution in [-0.2, 0) is 9.84 Å². The van der Waals surface area contributed by atoms with Crippen molar-refractivity contribution in [1.29, 1.82) is 0 Å². The number of ether oxygens (including phenoxy) is 2. The molecule has 0 aliphatic heterocycles. The minimum atomic E-state index is -3.35. The number of hydrogen-bond donors (Lipinski definition) is 4. The topological polar surface area (TPSA) is 209 Å². The van der Waals surface area contributed by atoms with Crippen LogP contribution in [0.25, 0.3) is 22.5 Å². The van der Waals surface area contributed by atoms with Crippen LogP contribution in [0.4, 0.5) is 43.4 Å². The third kappa shape index (κ3) is 12.2. The van der Waals surface area contributed by atoms with Gasteiger partial charge in [-0.3, -0.25) is 14.8 Å². The number of nitrogens with two attached hydrogens (primary N) is 1. The number of halogens is 2. The maximum atomic E-state index is 12.7. The van der Waals surface area contributed by atoms with E-state index in [4.69, 9.17) is 18.2 Å². The van der Waals surface area contributed by atoms with Crippen LogP contribution < -0.4 is 31.2 Å². The summed E-state index contributed by atoms with van der Waals surface area (Å²) in [7, 11) is -3.35. The zero-order valence-electron chi connectivity index (χ0n) is 35.8. The summed E-state index contributed by atoms with van der Waals surface area (Å²) in [6.45, 7) is 2.67. The molecule has 0 saturated carbocycles. The van der Waals surface area contributed by atoms with E-state index in [9.17, 15) is 22.0 Å². The molecule has 0 spiro atoms. The van der Waals surface area contributed by atoms with Crippen molar-refractivity contribution in [1.82, 2.24) is 29.9 Å². The van der Waals surface area contributed by atoms with Crippen LogP contribution in [0.2, 0.25) is 0 Å². The summed E-state index contributed by atoms with van der Waals surface area (Å²) < 4.78 is 68.5. The summed E-state index contributed by atoms with van der Waals surface area (Å²) in [5, 5.41) is 9.15. The Labute approximate surface area is 359 Å². The number of benzene rings is 3. The lowest BCUT2D eigenvalue weighted by Gasteiger charge is -2.12. The normalized spacial score (nSPS) is 11.0. The van der Waals surface area contributed by atoms with Gasteiger partial charge in [-0.1, -0.05) is 12.1 Å². The van der Waals surface area contributed by atoms with E-state index >= 15 is 0 Å². The number of carbonyl (C=O) groups excluding carboxylic acids is 1. The van der Waals surface area contributed by atoms with Gasteiger partial charge in [0.1, 0.15) is 38.1 Å². The first-order chi connectivity index (χ1) is 30.9. The number of aromatic nitrogens is 6. The monoisotopic (exact) mass is 864 g/mol. The van der Waals surface area contributed by atoms with E-state index in [1.165, 1.54) is 36.7 Å². The van der Waals surface area contributed by atoms with Crippen molar-refractivity contribution in [2.45, 2.75) is 18.7 Å². The molecule has 0 aliphatic rings. The number of sulfone groups is 1. The van der Waals surface area contributed by atoms with Crippen molar-refractivity contribution in [2.24, 2.45) is 0 Å². The Morgan fingerprint density at radius 1 is 0.710 bits per heavy atom. The predicted molar refractivity (Wildman–Crippen MR) is 236 cm³/mol. The standard InChI is InChI=1S/C26H24FN5O4S.C18H18FN5O.H2/c1-17-3-6-20(30-25(33)18-4-7-22(8-5-18)37(2,34)35)14-24(17)32-26-29-11-9-23(31-26)19-13-21(16-28-15-19)36-12-10-27;1-12-2-3-14(20)9-17(12)24-18-22-6-4-16(23-18)13-8-15(11-21-10-13)25-7-5-19;/h3-9,11,13-16H,10,12H2,1-2H3,(H,30,33)(H,29,31,32);2-4,6,8-11H,5,7,20H2,1H3,(H,22,23,24);1H/i;;1+1D. The predicted octanol–water partition coefficient (Wildman–Crippen LogP) is 8.36. The summed E-state index contributed by atoms with van der Waals surface area (Å²) >= 11 is 0. The number of nitrogens with one attached hydrogen (secondary N) is 3. The van der Waals surface area contributed by atoms with Crippen LogP contribution in [0.5, 0.6) is 11.5 Å². The Balaban J connectivity index is 0.000000248. The summed E-state index contributed by atoms with van der Waals surface area (Å²) in [4.78, 5) is 38.6. The Hall–Kier alpha value is -7.60. The van der Waals surface area contributed by atoms with Gasteiger partial charge in [0.25, 0.3) is 5.91 Å². The minimum absolute atomic E-state index is 0.00355. The molecule has 7 aromatic rings. The van der Waals surface area contributed by atoms with Gasteiger partial charge < -0.3 is 31.2 Å². The number of nitrogen functional groups attached to an aromatic ring is 1. The van der Waals surface area contributed by atoms with Crippen LogP contribution in [0.3, 0.4) is 0 Å². The average molecular weight is 865 g/mol. The minimum Gasteiger partial charge on any atom is -0.489 e. The van der Waals surface area contributed by atoms with Gasteiger partial charge in [0, 0.05) is 73.5 Å². The van der Waals surface area contributed by atoms with Crippen LogP contribution >= 0.6 is 0 Å². The van der Waals surface area contributed by atoms with Crippen molar-refractivity contribution < 1.29 is 34.4 Å². The Morgan fingerprint density at radius 3 is 1.74 bits per heavy atom. The Bertz CT molecular complexity index is 2780. The molecule has 4 heterocycles. The molecule has 3 aromatic carbocycles. The van der Waals surface area contributed by atoms with Crippen molar-refractivity contribution in [3.8, 4) is 34.0 Å². The number of carbonyl (C=O) groups is 1. The molecule has 1 amide bonds. The summed E-state index contributed by atoms with van der Waals surface area (Å²) in [5.74, 6) is 1.33. The molecule has 0 fully saturated rings. The van der Waals surface area contributed by atoms with Crippen molar-refractivity contribution in [2.75, 3.05) is 54.5 Å². The molecule has 15 nitrogen and oxygen atoms in total. The van der Waals surface area contributed by atoms with Gasteiger partial charge in [0.05, 0.1) is 28.7 Å². The number of anilines is 6. The Kier molecular flexibility index (Phi) is 14.1. The number of nitrogens with zero attached hydrogens (tertiary/aromatic N) is 6. The van der Waals surface area contributed by atoms with E-state index in [0.717, 1.165) is 28.6 Å². The molecule has 0 saturated heterocycles. The van der Waals surface area contributed by atoms with Crippen LogP contribution in [0.15, 0.2) is 127 Å². The van der Waals surface area contributed by atoms with Gasteiger partial charge in [0.15, 0.2) is 9.84 Å². The molecule has 0 radical (unpaired) electrons. The van der Waals surface area contributed by atoms with Crippen molar-refractivity contribution in [3.05, 3.63) is 139 Å². The first-order valence-corrected chi connectivity index (χ1v) is 20.8. The van der Waals surface area contributed by atoms with Gasteiger partial charge in [0.2, 0.25) is 11.9 Å². The zero-order chi connectivity index (χ0) is 46.1. The van der Waals surface area contributed by atoms with Gasteiger partial charge in [-0.25, -0.2) is 37.1 Å². The second-order valence-corrected chi connectivity index (χ2v) is 15.5. The lowest BCUT2D eigenvalue weighted by atomic mass is 10.1. The lowest BCUT2D eigenvalue weighted by Crippen LogP contribution is -2.12. The molecule has 320 valence electrons. The highest BCUT2D eigenvalue weighted by molar-refractivity contribution is 7.90. The lowest BCUT2D eigenvalue weighted by molar-refractivity contribution is 0.102. The quantitative estimate of drug-likeness (QED) is 0.0714. The Morgan fingerprint density at radius 2 is 1.23 bits per heavy atom. The van der Waals surface area contributed by atoms with Gasteiger partial charge in [-0.05, 0) is 97.8 Å². The molecular weight excluding hydrogens is 819 g/mol. The average Bonchev–Trinajstić information content (AvgIpc) is 3.31. The highest BCUT2D eigenvalue weighted by atomic mass is 32.2. The number of rotatable bonds is 15. The zero-order valence-corrected chi connectivity index (χ0v) is 34.7. The third-order valence-electron chi connectivity index (χ3n) is 8.82. The number of amides is 1. The van der Waals surface area contributed by atoms with Crippen LogP contribution in [-0.4, -0.2) is 77.0 Å². The van der Waals surface area contributed by atoms with E-state index in [2.05, 4.69) is 45.9 Å². The highest BCUT2D eigenvalue weighted by Crippen LogP contribution is 2.27. The number of alkyl halides is 2. The molecular formula is C44H44F2N10O5S. The van der Waals surface area contributed by atoms with E-state index in [-0.39, 0.29) is 24.0 Å². The summed E-state index contributed by atoms with van der Waals surface area (Å²) in [6.07, 6.45) is 10.7. The number of aryl methyl sites for hydroxylation is 2. The molecule has 62 heavy (non-hydrogen) atoms. The molecule has 0 bridgehead atoms. The van der Waals surface area contributed by atoms with E-state index in [0.29, 0.717) is 63.0 Å². The maximum absolute atomic E-state index is 12.7. The van der Waals surface area contributed by atoms with E-state index in [1.54, 1.807) is 61.2 Å². The molecule has 4 aromatic heterocycles. The smallest absolute Gasteiger partial charge is 0.255 e. The first-order valence-electron chi connectivity index (χ1n) is 20.0. The summed E-state index contributed by atoms with van der Waals surface area (Å²) in [6, 6.07) is 23.6. The van der Waals surface area contributed by atoms with Crippen molar-refractivity contribution >= 4 is 50.4 Å². The molecule has 0 atom stereocenters. The molecule has 7 rings (SSSR count). The fourth-order valence-electron chi connectivity index (χ4n) is 5.65. The fraction of sp³-hybridized carbons (Fsp3) is 0.159. The first kappa shape index (κ1) is 42.5. The second-order valence-electron chi connectivity index (χ2n) is 13.5. The number of pyridine rings is 2. The van der Waals surface area contributed by atoms with Gasteiger partial charge in [-0.2, -0.15) is 0 Å². The maximum Gasteiger partial charge on any atom is 0.255 e. The second kappa shape index (κ2) is 20.6. The number of hydrogen-bond acceptors (Lipinski definition) is 14. The molecule has 5 N–H and O–H groups in total. The van der Waals surface area contributed by atoms with E-state index < -0.39 is 23.2 Å². The SMILES string of the molecule is Cc1ccc(N)cc1Nc1nccc(-c2cncc(OCCF)c2)n1.Cc1ccc(NC(=O)c2ccc(S(C)(=O)=O)cc2)cc1Nc1nccc(-c2cncc(OCCF)c2)n1.[2H][2H]. The molecule has 0 unspecified atom stereocenters. The highest BCUT2D eigenvalue weighted by Gasteiger charge is 2.13. The van der Waals surface area contributed by atoms with Gasteiger partial charge in [-0.15, -0.1) is 0 Å². The molecule has 18 heteroatoms. The summed E-state index contributed by atoms with van der Waals surface area (Å²) in [5.41, 5.74) is 13.5. The third-order valence-corrected chi connectivity index (χ3v) is 9.94. The molecule has 0 aliphatic carbocycles.